The van der Waals surface area contributed by atoms with E-state index in [0.717, 1.165) is 38.1 Å². The van der Waals surface area contributed by atoms with Crippen molar-refractivity contribution in [2.75, 3.05) is 5.75 Å². The van der Waals surface area contributed by atoms with Crippen LogP contribution in [-0.2, 0) is 22.6 Å². The molecule has 0 aliphatic carbocycles. The second kappa shape index (κ2) is 14.7. The van der Waals surface area contributed by atoms with Gasteiger partial charge in [0.2, 0.25) is 0 Å². The van der Waals surface area contributed by atoms with E-state index in [9.17, 15) is 15.1 Å². The van der Waals surface area contributed by atoms with E-state index in [1.54, 1.807) is 30.6 Å². The van der Waals surface area contributed by atoms with Gasteiger partial charge in [-0.05, 0) is 52.1 Å². The van der Waals surface area contributed by atoms with Gasteiger partial charge in [-0.15, -0.1) is 0 Å². The lowest BCUT2D eigenvalue weighted by molar-refractivity contribution is -0.645. The number of amides is 1. The topological polar surface area (TPSA) is 108 Å². The standard InChI is InChI=1S/C37H35N3O5S/c1-25-33(24-46-34-9-2-3-19-40(34)43)44-37(45-35(25)29-12-10-26(23-41)11-13-29)30-16-14-28(15-17-30)31-7-4-6-27(20-31)21-39-36(42)32-8-5-18-38-22-32/h2-20,22,25,33,35,37,41H,21,23-24H2,1H3,(H,39,42)/t25-,33+,35+,37+/m0/s1. The smallest absolute Gasteiger partial charge is 0.253 e. The first-order valence-electron chi connectivity index (χ1n) is 15.2. The predicted octanol–water partition coefficient (Wildman–Crippen LogP) is 6.39. The quantitative estimate of drug-likeness (QED) is 0.104. The number of thioether (sulfide) groups is 1. The van der Waals surface area contributed by atoms with Crippen LogP contribution in [0, 0.1) is 11.1 Å². The number of aliphatic hydroxyl groups excluding tert-OH is 1. The maximum Gasteiger partial charge on any atom is 0.253 e. The molecule has 0 unspecified atom stereocenters. The van der Waals surface area contributed by atoms with Gasteiger partial charge >= 0.3 is 0 Å². The molecule has 0 bridgehead atoms. The lowest BCUT2D eigenvalue weighted by atomic mass is 9.91. The third kappa shape index (κ3) is 7.46. The van der Waals surface area contributed by atoms with E-state index in [0.29, 0.717) is 22.9 Å². The molecule has 2 aromatic heterocycles. The summed E-state index contributed by atoms with van der Waals surface area (Å²) in [5, 5.41) is 25.4. The van der Waals surface area contributed by atoms with Crippen molar-refractivity contribution >= 4 is 17.7 Å². The van der Waals surface area contributed by atoms with Crippen LogP contribution in [0.5, 0.6) is 0 Å². The monoisotopic (exact) mass is 633 g/mol. The SMILES string of the molecule is C[C@H]1[C@@H](CSc2cccc[n+]2[O-])O[C@@H](c2ccc(-c3cccc(CNC(=O)c4cccnc4)c3)cc2)O[C@H]1c1ccc(CO)cc1. The van der Waals surface area contributed by atoms with Gasteiger partial charge in [0.15, 0.2) is 12.5 Å². The fourth-order valence-electron chi connectivity index (χ4n) is 5.48. The molecule has 234 valence electrons. The number of aliphatic hydroxyl groups is 1. The molecule has 9 heteroatoms. The Balaban J connectivity index is 1.18. The Bertz CT molecular complexity index is 1750. The summed E-state index contributed by atoms with van der Waals surface area (Å²) in [6.45, 7) is 2.49. The zero-order valence-electron chi connectivity index (χ0n) is 25.4. The molecule has 0 radical (unpaired) electrons. The van der Waals surface area contributed by atoms with Crippen LogP contribution in [0.2, 0.25) is 0 Å². The van der Waals surface area contributed by atoms with Crippen LogP contribution >= 0.6 is 11.8 Å². The van der Waals surface area contributed by atoms with E-state index in [4.69, 9.17) is 9.47 Å². The molecule has 6 rings (SSSR count). The predicted molar refractivity (Wildman–Crippen MR) is 176 cm³/mol. The minimum Gasteiger partial charge on any atom is -0.618 e. The van der Waals surface area contributed by atoms with Crippen molar-refractivity contribution in [1.29, 1.82) is 0 Å². The Kier molecular flexibility index (Phi) is 10.0. The van der Waals surface area contributed by atoms with Crippen LogP contribution in [0.25, 0.3) is 11.1 Å². The van der Waals surface area contributed by atoms with Crippen molar-refractivity contribution in [3.8, 4) is 11.1 Å². The van der Waals surface area contributed by atoms with Gasteiger partial charge in [-0.25, -0.2) is 0 Å². The van der Waals surface area contributed by atoms with E-state index >= 15 is 0 Å². The maximum atomic E-state index is 12.5. The van der Waals surface area contributed by atoms with Gasteiger partial charge in [-0.3, -0.25) is 9.78 Å². The van der Waals surface area contributed by atoms with Crippen LogP contribution in [0.1, 0.15) is 51.9 Å². The molecule has 8 nitrogen and oxygen atoms in total. The maximum absolute atomic E-state index is 12.5. The van der Waals surface area contributed by atoms with E-state index in [1.165, 1.54) is 18.0 Å². The third-order valence-electron chi connectivity index (χ3n) is 8.13. The molecule has 0 spiro atoms. The second-order valence-corrected chi connectivity index (χ2v) is 12.3. The van der Waals surface area contributed by atoms with Gasteiger partial charge in [-0.1, -0.05) is 85.4 Å². The molecule has 3 heterocycles. The molecule has 5 aromatic rings. The molecule has 1 amide bonds. The van der Waals surface area contributed by atoms with Crippen molar-refractivity contribution < 1.29 is 24.1 Å². The normalized spacial score (nSPS) is 19.4. The molecule has 0 saturated carbocycles. The number of hydrogen-bond acceptors (Lipinski definition) is 7. The number of pyridine rings is 2. The molecule has 46 heavy (non-hydrogen) atoms. The molecular formula is C37H35N3O5S. The number of carbonyl (C=O) groups is 1. The molecule has 2 N–H and O–H groups in total. The first-order valence-corrected chi connectivity index (χ1v) is 16.2. The van der Waals surface area contributed by atoms with Crippen molar-refractivity contribution in [1.82, 2.24) is 10.3 Å². The number of benzene rings is 3. The number of rotatable bonds is 10. The first-order chi connectivity index (χ1) is 22.5. The zero-order valence-corrected chi connectivity index (χ0v) is 26.2. The second-order valence-electron chi connectivity index (χ2n) is 11.2. The highest BCUT2D eigenvalue weighted by atomic mass is 32.2. The number of carbonyl (C=O) groups excluding carboxylic acids is 1. The van der Waals surface area contributed by atoms with Gasteiger partial charge < -0.3 is 25.1 Å². The Morgan fingerprint density at radius 2 is 1.72 bits per heavy atom. The summed E-state index contributed by atoms with van der Waals surface area (Å²) in [6, 6.07) is 32.9. The van der Waals surface area contributed by atoms with Gasteiger partial charge in [0.05, 0.1) is 24.4 Å². The highest BCUT2D eigenvalue weighted by Crippen LogP contribution is 2.43. The van der Waals surface area contributed by atoms with Crippen LogP contribution in [0.4, 0.5) is 0 Å². The molecule has 1 fully saturated rings. The number of hydrogen-bond donors (Lipinski definition) is 2. The average molecular weight is 634 g/mol. The Labute approximate surface area is 272 Å². The largest absolute Gasteiger partial charge is 0.618 e. The summed E-state index contributed by atoms with van der Waals surface area (Å²) >= 11 is 1.47. The zero-order chi connectivity index (χ0) is 31.9. The van der Waals surface area contributed by atoms with Crippen LogP contribution < -0.4 is 10.0 Å². The fourth-order valence-corrected chi connectivity index (χ4v) is 6.56. The van der Waals surface area contributed by atoms with Crippen LogP contribution in [0.3, 0.4) is 0 Å². The van der Waals surface area contributed by atoms with E-state index < -0.39 is 6.29 Å². The van der Waals surface area contributed by atoms with Crippen LogP contribution in [0.15, 0.2) is 127 Å². The van der Waals surface area contributed by atoms with Gasteiger partial charge in [0.25, 0.3) is 10.9 Å². The first kappa shape index (κ1) is 31.4. The lowest BCUT2D eigenvalue weighted by Gasteiger charge is -2.41. The number of nitrogens with one attached hydrogen (secondary N) is 1. The molecule has 1 aliphatic heterocycles. The molecule has 4 atom stereocenters. The minimum atomic E-state index is -0.609. The van der Waals surface area contributed by atoms with Gasteiger partial charge in [0, 0.05) is 48.3 Å². The van der Waals surface area contributed by atoms with Crippen molar-refractivity contribution in [2.45, 2.75) is 43.6 Å². The summed E-state index contributed by atoms with van der Waals surface area (Å²) < 4.78 is 14.0. The van der Waals surface area contributed by atoms with Crippen molar-refractivity contribution in [3.63, 3.8) is 0 Å². The van der Waals surface area contributed by atoms with Crippen molar-refractivity contribution in [2.24, 2.45) is 5.92 Å². The molecule has 3 aromatic carbocycles. The minimum absolute atomic E-state index is 0.00759. The molecule has 1 saturated heterocycles. The summed E-state index contributed by atoms with van der Waals surface area (Å²) in [7, 11) is 0. The van der Waals surface area contributed by atoms with Crippen molar-refractivity contribution in [3.05, 3.63) is 155 Å². The Hall–Kier alpha value is -4.54. The highest BCUT2D eigenvalue weighted by molar-refractivity contribution is 7.99. The lowest BCUT2D eigenvalue weighted by Crippen LogP contribution is -2.39. The highest BCUT2D eigenvalue weighted by Gasteiger charge is 2.38. The van der Waals surface area contributed by atoms with E-state index in [1.807, 2.05) is 78.9 Å². The number of nitrogens with zero attached hydrogens (tertiary/aromatic N) is 2. The molecule has 1 aliphatic rings. The van der Waals surface area contributed by atoms with Gasteiger partial charge in [-0.2, -0.15) is 4.73 Å². The summed E-state index contributed by atoms with van der Waals surface area (Å²) in [5.41, 5.74) is 6.31. The van der Waals surface area contributed by atoms with Crippen LogP contribution in [-0.4, -0.2) is 27.9 Å². The fraction of sp³-hybridized carbons (Fsp3) is 0.216. The molecular weight excluding hydrogens is 598 g/mol. The average Bonchev–Trinajstić information content (AvgIpc) is 3.11. The summed E-state index contributed by atoms with van der Waals surface area (Å²) in [5.74, 6) is 0.425. The third-order valence-corrected chi connectivity index (χ3v) is 9.23. The Morgan fingerprint density at radius 1 is 0.913 bits per heavy atom. The number of aromatic nitrogens is 2. The summed E-state index contributed by atoms with van der Waals surface area (Å²) in [6.07, 6.45) is 3.65. The van der Waals surface area contributed by atoms with E-state index in [2.05, 4.69) is 23.3 Å². The van der Waals surface area contributed by atoms with E-state index in [-0.39, 0.29) is 30.6 Å². The number of ether oxygens (including phenoxy) is 2. The van der Waals surface area contributed by atoms with Gasteiger partial charge in [0.1, 0.15) is 0 Å². The Morgan fingerprint density at radius 3 is 2.46 bits per heavy atom. The summed E-state index contributed by atoms with van der Waals surface area (Å²) in [4.78, 5) is 16.5.